The van der Waals surface area contributed by atoms with E-state index in [0.29, 0.717) is 23.1 Å². The van der Waals surface area contributed by atoms with Crippen LogP contribution in [0.15, 0.2) is 18.2 Å². The van der Waals surface area contributed by atoms with Crippen molar-refractivity contribution in [3.63, 3.8) is 0 Å². The SMILES string of the molecule is COc1ccc(NC(=O)C(C)C2CC2)c(OC)c1. The Morgan fingerprint density at radius 1 is 1.33 bits per heavy atom. The maximum atomic E-state index is 12.0. The summed E-state index contributed by atoms with van der Waals surface area (Å²) in [5, 5.41) is 2.91. The molecule has 0 aliphatic heterocycles. The maximum absolute atomic E-state index is 12.0. The minimum atomic E-state index is 0.0565. The van der Waals surface area contributed by atoms with E-state index in [1.54, 1.807) is 32.4 Å². The van der Waals surface area contributed by atoms with Gasteiger partial charge in [-0.05, 0) is 30.9 Å². The van der Waals surface area contributed by atoms with Crippen LogP contribution in [0.25, 0.3) is 0 Å². The molecule has 1 aromatic carbocycles. The normalized spacial score (nSPS) is 15.9. The van der Waals surface area contributed by atoms with Gasteiger partial charge in [-0.3, -0.25) is 4.79 Å². The molecular weight excluding hydrogens is 230 g/mol. The third-order valence-electron chi connectivity index (χ3n) is 3.41. The van der Waals surface area contributed by atoms with Crippen molar-refractivity contribution in [2.24, 2.45) is 11.8 Å². The fraction of sp³-hybridized carbons (Fsp3) is 0.500. The molecule has 1 aliphatic carbocycles. The van der Waals surface area contributed by atoms with Gasteiger partial charge in [0.15, 0.2) is 0 Å². The topological polar surface area (TPSA) is 47.6 Å². The molecule has 1 fully saturated rings. The Hall–Kier alpha value is -1.71. The highest BCUT2D eigenvalue weighted by Crippen LogP contribution is 2.37. The fourth-order valence-electron chi connectivity index (χ4n) is 1.96. The molecule has 0 heterocycles. The van der Waals surface area contributed by atoms with Gasteiger partial charge in [-0.25, -0.2) is 0 Å². The second kappa shape index (κ2) is 5.29. The van der Waals surface area contributed by atoms with Crippen LogP contribution in [-0.4, -0.2) is 20.1 Å². The highest BCUT2D eigenvalue weighted by atomic mass is 16.5. The Labute approximate surface area is 107 Å². The lowest BCUT2D eigenvalue weighted by atomic mass is 10.1. The zero-order chi connectivity index (χ0) is 13.1. The monoisotopic (exact) mass is 249 g/mol. The van der Waals surface area contributed by atoms with Crippen molar-refractivity contribution in [1.29, 1.82) is 0 Å². The minimum absolute atomic E-state index is 0.0565. The first kappa shape index (κ1) is 12.7. The lowest BCUT2D eigenvalue weighted by Crippen LogP contribution is -2.22. The zero-order valence-electron chi connectivity index (χ0n) is 11.0. The van der Waals surface area contributed by atoms with Crippen molar-refractivity contribution in [3.05, 3.63) is 18.2 Å². The molecule has 1 aromatic rings. The minimum Gasteiger partial charge on any atom is -0.497 e. The Bertz CT molecular complexity index is 441. The average Bonchev–Trinajstić information content (AvgIpc) is 3.22. The van der Waals surface area contributed by atoms with Gasteiger partial charge in [0.2, 0.25) is 5.91 Å². The second-order valence-electron chi connectivity index (χ2n) is 4.68. The van der Waals surface area contributed by atoms with E-state index in [4.69, 9.17) is 9.47 Å². The number of methoxy groups -OCH3 is 2. The number of hydrogen-bond donors (Lipinski definition) is 1. The van der Waals surface area contributed by atoms with E-state index < -0.39 is 0 Å². The van der Waals surface area contributed by atoms with Crippen molar-refractivity contribution in [3.8, 4) is 11.5 Å². The van der Waals surface area contributed by atoms with Crippen LogP contribution in [0, 0.1) is 11.8 Å². The quantitative estimate of drug-likeness (QED) is 0.872. The average molecular weight is 249 g/mol. The van der Waals surface area contributed by atoms with Gasteiger partial charge in [-0.2, -0.15) is 0 Å². The largest absolute Gasteiger partial charge is 0.497 e. The fourth-order valence-corrected chi connectivity index (χ4v) is 1.96. The molecule has 98 valence electrons. The van der Waals surface area contributed by atoms with Gasteiger partial charge in [-0.1, -0.05) is 6.92 Å². The maximum Gasteiger partial charge on any atom is 0.227 e. The van der Waals surface area contributed by atoms with Crippen LogP contribution >= 0.6 is 0 Å². The van der Waals surface area contributed by atoms with E-state index in [0.717, 1.165) is 12.8 Å². The third-order valence-corrected chi connectivity index (χ3v) is 3.41. The summed E-state index contributed by atoms with van der Waals surface area (Å²) in [7, 11) is 3.18. The predicted molar refractivity (Wildman–Crippen MR) is 70.1 cm³/mol. The number of rotatable bonds is 5. The Morgan fingerprint density at radius 2 is 2.06 bits per heavy atom. The lowest BCUT2D eigenvalue weighted by molar-refractivity contribution is -0.119. The summed E-state index contributed by atoms with van der Waals surface area (Å²) in [6.07, 6.45) is 2.32. The van der Waals surface area contributed by atoms with Gasteiger partial charge in [-0.15, -0.1) is 0 Å². The molecule has 0 bridgehead atoms. The highest BCUT2D eigenvalue weighted by Gasteiger charge is 2.32. The van der Waals surface area contributed by atoms with Crippen LogP contribution in [-0.2, 0) is 4.79 Å². The van der Waals surface area contributed by atoms with Crippen LogP contribution in [0.1, 0.15) is 19.8 Å². The van der Waals surface area contributed by atoms with Crippen LogP contribution in [0.2, 0.25) is 0 Å². The number of anilines is 1. The first-order valence-corrected chi connectivity index (χ1v) is 6.18. The van der Waals surface area contributed by atoms with Crippen molar-refractivity contribution in [2.75, 3.05) is 19.5 Å². The second-order valence-corrected chi connectivity index (χ2v) is 4.68. The Kier molecular flexibility index (Phi) is 3.75. The van der Waals surface area contributed by atoms with E-state index in [-0.39, 0.29) is 11.8 Å². The molecule has 1 N–H and O–H groups in total. The lowest BCUT2D eigenvalue weighted by Gasteiger charge is -2.14. The summed E-state index contributed by atoms with van der Waals surface area (Å²) in [6.45, 7) is 1.98. The van der Waals surface area contributed by atoms with Gasteiger partial charge in [0.25, 0.3) is 0 Å². The molecule has 1 unspecified atom stereocenters. The van der Waals surface area contributed by atoms with E-state index >= 15 is 0 Å². The van der Waals surface area contributed by atoms with E-state index in [9.17, 15) is 4.79 Å². The summed E-state index contributed by atoms with van der Waals surface area (Å²) in [6, 6.07) is 5.37. The summed E-state index contributed by atoms with van der Waals surface area (Å²) in [5.74, 6) is 2.00. The molecule has 0 aromatic heterocycles. The molecule has 1 aliphatic rings. The number of amides is 1. The number of hydrogen-bond acceptors (Lipinski definition) is 3. The highest BCUT2D eigenvalue weighted by molar-refractivity contribution is 5.94. The third kappa shape index (κ3) is 2.75. The number of carbonyl (C=O) groups is 1. The smallest absolute Gasteiger partial charge is 0.227 e. The molecule has 1 saturated carbocycles. The van der Waals surface area contributed by atoms with Crippen molar-refractivity contribution >= 4 is 11.6 Å². The molecule has 1 amide bonds. The van der Waals surface area contributed by atoms with Crippen molar-refractivity contribution in [1.82, 2.24) is 0 Å². The standard InChI is InChI=1S/C14H19NO3/c1-9(10-4-5-10)14(16)15-12-7-6-11(17-2)8-13(12)18-3/h6-10H,4-5H2,1-3H3,(H,15,16). The van der Waals surface area contributed by atoms with E-state index in [1.807, 2.05) is 6.92 Å². The molecule has 1 atom stereocenters. The molecule has 4 heteroatoms. The number of nitrogens with one attached hydrogen (secondary N) is 1. The van der Waals surface area contributed by atoms with E-state index in [1.165, 1.54) is 0 Å². The van der Waals surface area contributed by atoms with Crippen molar-refractivity contribution < 1.29 is 14.3 Å². The van der Waals surface area contributed by atoms with Crippen LogP contribution in [0.3, 0.4) is 0 Å². The van der Waals surface area contributed by atoms with E-state index in [2.05, 4.69) is 5.32 Å². The predicted octanol–water partition coefficient (Wildman–Crippen LogP) is 2.69. The molecule has 0 spiro atoms. The summed E-state index contributed by atoms with van der Waals surface area (Å²) < 4.78 is 10.4. The first-order chi connectivity index (χ1) is 8.65. The van der Waals surface area contributed by atoms with Gasteiger partial charge < -0.3 is 14.8 Å². The van der Waals surface area contributed by atoms with Gasteiger partial charge >= 0.3 is 0 Å². The van der Waals surface area contributed by atoms with Crippen LogP contribution in [0.4, 0.5) is 5.69 Å². The zero-order valence-corrected chi connectivity index (χ0v) is 11.0. The van der Waals surface area contributed by atoms with Gasteiger partial charge in [0.05, 0.1) is 19.9 Å². The molecule has 0 radical (unpaired) electrons. The molecule has 2 rings (SSSR count). The molecule has 18 heavy (non-hydrogen) atoms. The molecule has 4 nitrogen and oxygen atoms in total. The number of carbonyl (C=O) groups excluding carboxylic acids is 1. The summed E-state index contributed by atoms with van der Waals surface area (Å²) >= 11 is 0. The summed E-state index contributed by atoms with van der Waals surface area (Å²) in [5.41, 5.74) is 0.691. The first-order valence-electron chi connectivity index (χ1n) is 6.18. The number of benzene rings is 1. The van der Waals surface area contributed by atoms with Crippen LogP contribution in [0.5, 0.6) is 11.5 Å². The van der Waals surface area contributed by atoms with Gasteiger partial charge in [0, 0.05) is 12.0 Å². The Balaban J connectivity index is 2.10. The molecular formula is C14H19NO3. The molecule has 0 saturated heterocycles. The van der Waals surface area contributed by atoms with Gasteiger partial charge in [0.1, 0.15) is 11.5 Å². The van der Waals surface area contributed by atoms with Crippen LogP contribution < -0.4 is 14.8 Å². The van der Waals surface area contributed by atoms with Crippen molar-refractivity contribution in [2.45, 2.75) is 19.8 Å². The Morgan fingerprint density at radius 3 is 2.61 bits per heavy atom. The number of ether oxygens (including phenoxy) is 2. The summed E-state index contributed by atoms with van der Waals surface area (Å²) in [4.78, 5) is 12.0.